The van der Waals surface area contributed by atoms with Gasteiger partial charge in [-0.1, -0.05) is 0 Å². The van der Waals surface area contributed by atoms with E-state index in [1.165, 1.54) is 0 Å². The molecule has 2 N–H and O–H groups in total. The van der Waals surface area contributed by atoms with Crippen molar-refractivity contribution in [3.8, 4) is 0 Å². The van der Waals surface area contributed by atoms with Crippen molar-refractivity contribution in [1.29, 1.82) is 0 Å². The number of carboxylic acid groups (broad SMARTS) is 1. The van der Waals surface area contributed by atoms with Crippen LogP contribution in [0.3, 0.4) is 0 Å². The minimum atomic E-state index is -0.812. The van der Waals surface area contributed by atoms with Gasteiger partial charge in [0, 0.05) is 12.2 Å². The van der Waals surface area contributed by atoms with Gasteiger partial charge in [0.05, 0.1) is 12.2 Å². The van der Waals surface area contributed by atoms with Crippen LogP contribution in [-0.4, -0.2) is 32.9 Å². The van der Waals surface area contributed by atoms with Crippen molar-refractivity contribution < 1.29 is 9.90 Å². The first-order valence-corrected chi connectivity index (χ1v) is 5.57. The van der Waals surface area contributed by atoms with Crippen LogP contribution in [0.15, 0.2) is 12.4 Å². The molecule has 16 heavy (non-hydrogen) atoms. The standard InChI is InChI=1S/C11H17N3O2/c1-7-5-12-14(6-7)8(2)10(11(15)16)13-9-3-4-9/h5-6,8-10,13H,3-4H2,1-2H3,(H,15,16). The first-order valence-electron chi connectivity index (χ1n) is 5.57. The molecule has 1 aliphatic carbocycles. The van der Waals surface area contributed by atoms with Gasteiger partial charge in [0.2, 0.25) is 0 Å². The van der Waals surface area contributed by atoms with Crippen LogP contribution in [0.2, 0.25) is 0 Å². The summed E-state index contributed by atoms with van der Waals surface area (Å²) < 4.78 is 1.71. The summed E-state index contributed by atoms with van der Waals surface area (Å²) in [7, 11) is 0. The molecule has 0 saturated heterocycles. The topological polar surface area (TPSA) is 67.2 Å². The Hall–Kier alpha value is -1.36. The lowest BCUT2D eigenvalue weighted by molar-refractivity contribution is -0.140. The van der Waals surface area contributed by atoms with Gasteiger partial charge in [-0.15, -0.1) is 0 Å². The zero-order chi connectivity index (χ0) is 11.7. The van der Waals surface area contributed by atoms with Crippen molar-refractivity contribution in [1.82, 2.24) is 15.1 Å². The molecule has 1 aliphatic rings. The molecule has 1 saturated carbocycles. The molecule has 5 nitrogen and oxygen atoms in total. The Morgan fingerprint density at radius 3 is 2.81 bits per heavy atom. The first-order chi connectivity index (χ1) is 7.58. The summed E-state index contributed by atoms with van der Waals surface area (Å²) in [5.74, 6) is -0.812. The number of carboxylic acids is 1. The summed E-state index contributed by atoms with van der Waals surface area (Å²) in [5, 5.41) is 16.5. The number of hydrogen-bond donors (Lipinski definition) is 2. The Morgan fingerprint density at radius 1 is 1.69 bits per heavy atom. The summed E-state index contributed by atoms with van der Waals surface area (Å²) in [4.78, 5) is 11.2. The quantitative estimate of drug-likeness (QED) is 0.780. The second-order valence-corrected chi connectivity index (χ2v) is 4.50. The molecule has 1 aromatic rings. The molecule has 0 aliphatic heterocycles. The Morgan fingerprint density at radius 2 is 2.38 bits per heavy atom. The van der Waals surface area contributed by atoms with E-state index >= 15 is 0 Å². The Balaban J connectivity index is 2.09. The molecule has 1 heterocycles. The van der Waals surface area contributed by atoms with Gasteiger partial charge in [-0.2, -0.15) is 5.10 Å². The third-order valence-electron chi connectivity index (χ3n) is 2.89. The van der Waals surface area contributed by atoms with Crippen molar-refractivity contribution in [2.24, 2.45) is 0 Å². The van der Waals surface area contributed by atoms with E-state index in [1.807, 2.05) is 20.0 Å². The van der Waals surface area contributed by atoms with Gasteiger partial charge >= 0.3 is 5.97 Å². The summed E-state index contributed by atoms with van der Waals surface area (Å²) in [6.45, 7) is 3.82. The molecule has 2 rings (SSSR count). The Labute approximate surface area is 94.5 Å². The predicted molar refractivity (Wildman–Crippen MR) is 59.3 cm³/mol. The first kappa shape index (κ1) is 11.1. The van der Waals surface area contributed by atoms with E-state index in [1.54, 1.807) is 10.9 Å². The molecule has 5 heteroatoms. The van der Waals surface area contributed by atoms with E-state index < -0.39 is 12.0 Å². The number of aromatic nitrogens is 2. The van der Waals surface area contributed by atoms with Gasteiger partial charge in [0.15, 0.2) is 0 Å². The maximum Gasteiger partial charge on any atom is 0.322 e. The Bertz CT molecular complexity index is 384. The lowest BCUT2D eigenvalue weighted by Gasteiger charge is -2.21. The van der Waals surface area contributed by atoms with E-state index in [0.717, 1.165) is 18.4 Å². The average molecular weight is 223 g/mol. The molecular weight excluding hydrogens is 206 g/mol. The number of aliphatic carboxylic acids is 1. The number of hydrogen-bond acceptors (Lipinski definition) is 3. The normalized spacial score (nSPS) is 19.4. The zero-order valence-corrected chi connectivity index (χ0v) is 9.55. The van der Waals surface area contributed by atoms with Gasteiger partial charge in [-0.05, 0) is 32.3 Å². The molecule has 1 fully saturated rings. The molecule has 0 amide bonds. The fourth-order valence-electron chi connectivity index (χ4n) is 1.73. The monoisotopic (exact) mass is 223 g/mol. The second-order valence-electron chi connectivity index (χ2n) is 4.50. The third kappa shape index (κ3) is 2.41. The number of nitrogens with zero attached hydrogens (tertiary/aromatic N) is 2. The van der Waals surface area contributed by atoms with Gasteiger partial charge in [-0.3, -0.25) is 14.8 Å². The van der Waals surface area contributed by atoms with E-state index in [9.17, 15) is 9.90 Å². The number of nitrogens with one attached hydrogen (secondary N) is 1. The second kappa shape index (κ2) is 4.25. The van der Waals surface area contributed by atoms with Crippen LogP contribution in [0.5, 0.6) is 0 Å². The predicted octanol–water partition coefficient (Wildman–Crippen LogP) is 0.958. The minimum Gasteiger partial charge on any atom is -0.480 e. The van der Waals surface area contributed by atoms with Crippen molar-refractivity contribution in [3.05, 3.63) is 18.0 Å². The average Bonchev–Trinajstić information content (AvgIpc) is 2.95. The maximum absolute atomic E-state index is 11.2. The van der Waals surface area contributed by atoms with Crippen LogP contribution in [0.25, 0.3) is 0 Å². The largest absolute Gasteiger partial charge is 0.480 e. The van der Waals surface area contributed by atoms with Crippen LogP contribution in [-0.2, 0) is 4.79 Å². The molecule has 2 unspecified atom stereocenters. The van der Waals surface area contributed by atoms with Crippen LogP contribution in [0, 0.1) is 6.92 Å². The smallest absolute Gasteiger partial charge is 0.322 e. The molecule has 2 atom stereocenters. The van der Waals surface area contributed by atoms with Crippen molar-refractivity contribution in [2.75, 3.05) is 0 Å². The van der Waals surface area contributed by atoms with Crippen LogP contribution in [0.1, 0.15) is 31.4 Å². The summed E-state index contributed by atoms with van der Waals surface area (Å²) in [6, 6.07) is -0.362. The lowest BCUT2D eigenvalue weighted by Crippen LogP contribution is -2.44. The highest BCUT2D eigenvalue weighted by Crippen LogP contribution is 2.22. The summed E-state index contributed by atoms with van der Waals surface area (Å²) in [5.41, 5.74) is 1.04. The van der Waals surface area contributed by atoms with Crippen LogP contribution >= 0.6 is 0 Å². The highest BCUT2D eigenvalue weighted by atomic mass is 16.4. The molecule has 0 spiro atoms. The highest BCUT2D eigenvalue weighted by Gasteiger charge is 2.32. The zero-order valence-electron chi connectivity index (χ0n) is 9.55. The molecule has 0 radical (unpaired) electrons. The number of rotatable bonds is 5. The van der Waals surface area contributed by atoms with Crippen molar-refractivity contribution in [2.45, 2.75) is 44.8 Å². The molecule has 0 aromatic carbocycles. The number of aryl methyl sites for hydroxylation is 1. The minimum absolute atomic E-state index is 0.174. The summed E-state index contributed by atoms with van der Waals surface area (Å²) in [6.07, 6.45) is 5.77. The number of carbonyl (C=O) groups is 1. The van der Waals surface area contributed by atoms with Gasteiger partial charge in [0.1, 0.15) is 6.04 Å². The lowest BCUT2D eigenvalue weighted by atomic mass is 10.1. The van der Waals surface area contributed by atoms with E-state index in [-0.39, 0.29) is 6.04 Å². The fourth-order valence-corrected chi connectivity index (χ4v) is 1.73. The van der Waals surface area contributed by atoms with E-state index in [4.69, 9.17) is 0 Å². The molecule has 88 valence electrons. The fraction of sp³-hybridized carbons (Fsp3) is 0.636. The van der Waals surface area contributed by atoms with Crippen molar-refractivity contribution >= 4 is 5.97 Å². The van der Waals surface area contributed by atoms with Gasteiger partial charge in [-0.25, -0.2) is 0 Å². The van der Waals surface area contributed by atoms with Crippen LogP contribution < -0.4 is 5.32 Å². The maximum atomic E-state index is 11.2. The summed E-state index contributed by atoms with van der Waals surface area (Å²) >= 11 is 0. The molecule has 0 bridgehead atoms. The third-order valence-corrected chi connectivity index (χ3v) is 2.89. The van der Waals surface area contributed by atoms with E-state index in [2.05, 4.69) is 10.4 Å². The van der Waals surface area contributed by atoms with Crippen molar-refractivity contribution in [3.63, 3.8) is 0 Å². The van der Waals surface area contributed by atoms with Crippen LogP contribution in [0.4, 0.5) is 0 Å². The molecular formula is C11H17N3O2. The molecule has 1 aromatic heterocycles. The highest BCUT2D eigenvalue weighted by molar-refractivity contribution is 5.74. The van der Waals surface area contributed by atoms with Gasteiger partial charge in [0.25, 0.3) is 0 Å². The SMILES string of the molecule is Cc1cnn(C(C)C(NC2CC2)C(=O)O)c1. The van der Waals surface area contributed by atoms with E-state index in [0.29, 0.717) is 6.04 Å². The van der Waals surface area contributed by atoms with Gasteiger partial charge < -0.3 is 5.11 Å². The Kier molecular flexibility index (Phi) is 2.96.